The molecule has 1 aliphatic rings. The Hall–Kier alpha value is -0.430. The number of nitrogens with one attached hydrogen (secondary N) is 1. The molecule has 0 spiro atoms. The largest absolute Gasteiger partial charge is 0.353 e. The average Bonchev–Trinajstić information content (AvgIpc) is 3.05. The smallest absolute Gasteiger partial charge is 0.193 e. The van der Waals surface area contributed by atoms with E-state index in [1.54, 1.807) is 0 Å². The van der Waals surface area contributed by atoms with E-state index in [1.165, 1.54) is 25.0 Å². The predicted octanol–water partition coefficient (Wildman–Crippen LogP) is 3.49. The summed E-state index contributed by atoms with van der Waals surface area (Å²) in [5.74, 6) is 1.79. The summed E-state index contributed by atoms with van der Waals surface area (Å²) in [6, 6.07) is 2.61. The predicted molar refractivity (Wildman–Crippen MR) is 101 cm³/mol. The summed E-state index contributed by atoms with van der Waals surface area (Å²) in [6.07, 6.45) is 5.78. The van der Waals surface area contributed by atoms with Crippen molar-refractivity contribution in [3.63, 3.8) is 0 Å². The first-order valence-electron chi connectivity index (χ1n) is 7.30. The van der Waals surface area contributed by atoms with Crippen molar-refractivity contribution in [1.29, 1.82) is 0 Å². The quantitative estimate of drug-likeness (QED) is 0.446. The van der Waals surface area contributed by atoms with Crippen LogP contribution < -0.4 is 5.32 Å². The van der Waals surface area contributed by atoms with Crippen molar-refractivity contribution < 1.29 is 0 Å². The molecule has 4 nitrogen and oxygen atoms in total. The van der Waals surface area contributed by atoms with E-state index in [9.17, 15) is 0 Å². The molecular formula is C15H26ClIN4. The molecule has 6 heteroatoms. The number of hydrogen-bond donors (Lipinski definition) is 1. The average molecular weight is 425 g/mol. The van der Waals surface area contributed by atoms with Crippen molar-refractivity contribution in [1.82, 2.24) is 14.8 Å². The lowest BCUT2D eigenvalue weighted by Crippen LogP contribution is -2.40. The van der Waals surface area contributed by atoms with Crippen LogP contribution in [0.3, 0.4) is 0 Å². The molecule has 120 valence electrons. The Morgan fingerprint density at radius 2 is 2.29 bits per heavy atom. The summed E-state index contributed by atoms with van der Waals surface area (Å²) in [5, 5.41) is 4.34. The van der Waals surface area contributed by atoms with Crippen molar-refractivity contribution in [3.8, 4) is 0 Å². The molecule has 2 rings (SSSR count). The van der Waals surface area contributed by atoms with E-state index in [0.29, 0.717) is 6.04 Å². The highest BCUT2D eigenvalue weighted by Crippen LogP contribution is 2.34. The minimum atomic E-state index is 0. The van der Waals surface area contributed by atoms with E-state index in [1.807, 2.05) is 26.4 Å². The standard InChI is InChI=1S/C15H25ClN4.HI/c1-5-6-11-7-14(11)18-15(17-2)20(4)10-13-8-12(16)9-19(13)3;/h8-9,11,14H,5-7,10H2,1-4H3,(H,17,18);1H. The molecule has 2 atom stereocenters. The van der Waals surface area contributed by atoms with Crippen LogP contribution in [0.4, 0.5) is 0 Å². The number of guanidine groups is 1. The van der Waals surface area contributed by atoms with Crippen LogP contribution >= 0.6 is 35.6 Å². The molecule has 1 aromatic heterocycles. The van der Waals surface area contributed by atoms with Crippen molar-refractivity contribution in [2.75, 3.05) is 14.1 Å². The van der Waals surface area contributed by atoms with Crippen LogP contribution in [0.15, 0.2) is 17.3 Å². The number of rotatable bonds is 5. The van der Waals surface area contributed by atoms with Gasteiger partial charge in [0.05, 0.1) is 11.6 Å². The van der Waals surface area contributed by atoms with E-state index in [2.05, 4.69) is 33.7 Å². The fourth-order valence-electron chi connectivity index (χ4n) is 2.67. The van der Waals surface area contributed by atoms with Crippen LogP contribution in [0.25, 0.3) is 0 Å². The fourth-order valence-corrected chi connectivity index (χ4v) is 2.94. The third-order valence-corrected chi connectivity index (χ3v) is 4.15. The molecule has 1 N–H and O–H groups in total. The minimum absolute atomic E-state index is 0. The summed E-state index contributed by atoms with van der Waals surface area (Å²) >= 11 is 6.03. The molecule has 0 aromatic carbocycles. The van der Waals surface area contributed by atoms with Gasteiger partial charge in [0.15, 0.2) is 5.96 Å². The highest BCUT2D eigenvalue weighted by molar-refractivity contribution is 14.0. The number of nitrogens with zero attached hydrogens (tertiary/aromatic N) is 3. The topological polar surface area (TPSA) is 32.6 Å². The van der Waals surface area contributed by atoms with Gasteiger partial charge in [-0.15, -0.1) is 24.0 Å². The lowest BCUT2D eigenvalue weighted by Gasteiger charge is -2.22. The number of aromatic nitrogens is 1. The third kappa shape index (κ3) is 5.06. The number of hydrogen-bond acceptors (Lipinski definition) is 1. The molecule has 0 saturated heterocycles. The fraction of sp³-hybridized carbons (Fsp3) is 0.667. The van der Waals surface area contributed by atoms with E-state index >= 15 is 0 Å². The number of aliphatic imine (C=N–C) groups is 1. The van der Waals surface area contributed by atoms with Crippen LogP contribution in [0.1, 0.15) is 31.9 Å². The second-order valence-electron chi connectivity index (χ2n) is 5.70. The zero-order chi connectivity index (χ0) is 14.7. The van der Waals surface area contributed by atoms with Gasteiger partial charge in [-0.05, 0) is 24.8 Å². The molecule has 2 unspecified atom stereocenters. The van der Waals surface area contributed by atoms with Gasteiger partial charge in [-0.3, -0.25) is 4.99 Å². The first-order chi connectivity index (χ1) is 9.55. The molecule has 1 heterocycles. The Bertz CT molecular complexity index is 486. The van der Waals surface area contributed by atoms with Crippen LogP contribution in [-0.2, 0) is 13.6 Å². The van der Waals surface area contributed by atoms with Gasteiger partial charge in [-0.2, -0.15) is 0 Å². The molecule has 1 aromatic rings. The van der Waals surface area contributed by atoms with Crippen LogP contribution in [0, 0.1) is 5.92 Å². The van der Waals surface area contributed by atoms with E-state index < -0.39 is 0 Å². The Kier molecular flexibility index (Phi) is 7.33. The molecule has 21 heavy (non-hydrogen) atoms. The SMILES string of the molecule is CCCC1CC1NC(=NC)N(C)Cc1cc(Cl)cn1C.I. The van der Waals surface area contributed by atoms with E-state index in [4.69, 9.17) is 11.6 Å². The highest BCUT2D eigenvalue weighted by atomic mass is 127. The first kappa shape index (κ1) is 18.6. The highest BCUT2D eigenvalue weighted by Gasteiger charge is 2.37. The zero-order valence-electron chi connectivity index (χ0n) is 13.3. The van der Waals surface area contributed by atoms with Crippen LogP contribution in [-0.4, -0.2) is 35.6 Å². The summed E-state index contributed by atoms with van der Waals surface area (Å²) in [5.41, 5.74) is 1.18. The van der Waals surface area contributed by atoms with Gasteiger partial charge in [-0.25, -0.2) is 0 Å². The number of halogens is 2. The first-order valence-corrected chi connectivity index (χ1v) is 7.68. The monoisotopic (exact) mass is 424 g/mol. The molecule has 1 aliphatic carbocycles. The van der Waals surface area contributed by atoms with Crippen LogP contribution in [0.2, 0.25) is 5.02 Å². The van der Waals surface area contributed by atoms with E-state index in [0.717, 1.165) is 23.4 Å². The third-order valence-electron chi connectivity index (χ3n) is 3.94. The van der Waals surface area contributed by atoms with Crippen molar-refractivity contribution in [2.24, 2.45) is 18.0 Å². The minimum Gasteiger partial charge on any atom is -0.353 e. The van der Waals surface area contributed by atoms with Gasteiger partial charge in [-0.1, -0.05) is 24.9 Å². The molecule has 0 amide bonds. The maximum Gasteiger partial charge on any atom is 0.193 e. The van der Waals surface area contributed by atoms with Gasteiger partial charge in [0.2, 0.25) is 0 Å². The summed E-state index contributed by atoms with van der Waals surface area (Å²) < 4.78 is 2.06. The normalized spacial score (nSPS) is 20.9. The zero-order valence-corrected chi connectivity index (χ0v) is 16.4. The maximum absolute atomic E-state index is 6.03. The van der Waals surface area contributed by atoms with Crippen LogP contribution in [0.5, 0.6) is 0 Å². The van der Waals surface area contributed by atoms with Gasteiger partial charge < -0.3 is 14.8 Å². The van der Waals surface area contributed by atoms with Gasteiger partial charge >= 0.3 is 0 Å². The molecule has 0 aliphatic heterocycles. The van der Waals surface area contributed by atoms with Gasteiger partial charge in [0.1, 0.15) is 0 Å². The Labute approximate surface area is 150 Å². The lowest BCUT2D eigenvalue weighted by atomic mass is 10.2. The van der Waals surface area contributed by atoms with Gasteiger partial charge in [0.25, 0.3) is 0 Å². The number of aryl methyl sites for hydroxylation is 1. The maximum atomic E-state index is 6.03. The molecule has 1 saturated carbocycles. The van der Waals surface area contributed by atoms with Crippen molar-refractivity contribution >= 4 is 41.5 Å². The Morgan fingerprint density at radius 1 is 1.57 bits per heavy atom. The van der Waals surface area contributed by atoms with Gasteiger partial charge in [0, 0.05) is 39.1 Å². The molecule has 0 radical (unpaired) electrons. The lowest BCUT2D eigenvalue weighted by molar-refractivity contribution is 0.458. The summed E-state index contributed by atoms with van der Waals surface area (Å²) in [7, 11) is 5.92. The second-order valence-corrected chi connectivity index (χ2v) is 6.14. The molecule has 0 bridgehead atoms. The Morgan fingerprint density at radius 3 is 2.81 bits per heavy atom. The molecular weight excluding hydrogens is 399 g/mol. The summed E-state index contributed by atoms with van der Waals surface area (Å²) in [6.45, 7) is 3.05. The molecule has 1 fully saturated rings. The van der Waals surface area contributed by atoms with Crippen molar-refractivity contribution in [2.45, 2.75) is 38.8 Å². The Balaban J connectivity index is 0.00000220. The second kappa shape index (κ2) is 8.27. The summed E-state index contributed by atoms with van der Waals surface area (Å²) in [4.78, 5) is 6.53. The van der Waals surface area contributed by atoms with Crippen molar-refractivity contribution in [3.05, 3.63) is 23.0 Å². The van der Waals surface area contributed by atoms with E-state index in [-0.39, 0.29) is 24.0 Å².